The number of carbonyl (C=O) groups is 4. The van der Waals surface area contributed by atoms with Gasteiger partial charge in [-0.15, -0.1) is 13.2 Å². The zero-order chi connectivity index (χ0) is 36.0. The summed E-state index contributed by atoms with van der Waals surface area (Å²) in [7, 11) is 1.69. The Morgan fingerprint density at radius 2 is 1.78 bits per heavy atom. The van der Waals surface area contributed by atoms with Crippen LogP contribution in [-0.2, 0) is 35.2 Å². The molecule has 8 atom stereocenters. The number of amides is 3. The number of alkyl halides is 1. The quantitative estimate of drug-likeness (QED) is 0.107. The van der Waals surface area contributed by atoms with Crippen LogP contribution in [0.25, 0.3) is 0 Å². The maximum absolute atomic E-state index is 14.7. The SMILES string of the molecule is C=CCCC(=O)N(C)[C@@H](C)[C@@H](OC(=O)[C@H]1[C@@H]2O[C@@]3(CC2Br)[C@@H]1C(=O)N(CCCCO)[C@@H]3C(=O)N(CC=C)Cc1ccccc1)c1ccccc1. The number of esters is 1. The highest BCUT2D eigenvalue weighted by molar-refractivity contribution is 9.09. The van der Waals surface area contributed by atoms with Crippen LogP contribution >= 0.6 is 15.9 Å². The maximum atomic E-state index is 14.7. The van der Waals surface area contributed by atoms with Crippen LogP contribution in [0.3, 0.4) is 0 Å². The minimum absolute atomic E-state index is 0.0492. The van der Waals surface area contributed by atoms with Crippen molar-refractivity contribution in [3.63, 3.8) is 0 Å². The van der Waals surface area contributed by atoms with Crippen LogP contribution in [0.1, 0.15) is 56.3 Å². The zero-order valence-electron chi connectivity index (χ0n) is 28.9. The standard InChI is InChI=1S/C39H48BrN3O7/c1-5-7-20-30(45)41(4)26(3)33(28-18-12-9-13-19-28)49-38(48)31-32-36(46)43(22-14-15-23-44)35(39(32)24-29(40)34(31)50-39)37(47)42(21-6-2)25-27-16-10-8-11-17-27/h5-6,8-13,16-19,26,29,31-35,44H,1-2,7,14-15,20-25H2,3-4H3/t26-,29?,31+,32-,33+,34+,35+,39-/m0/s1. The molecule has 2 aromatic rings. The lowest BCUT2D eigenvalue weighted by Crippen LogP contribution is -2.56. The van der Waals surface area contributed by atoms with Crippen molar-refractivity contribution < 1.29 is 33.8 Å². The summed E-state index contributed by atoms with van der Waals surface area (Å²) in [6, 6.07) is 17.4. The predicted molar refractivity (Wildman–Crippen MR) is 193 cm³/mol. The number of rotatable bonds is 17. The van der Waals surface area contributed by atoms with Gasteiger partial charge in [-0.3, -0.25) is 19.2 Å². The molecule has 3 aliphatic heterocycles. The van der Waals surface area contributed by atoms with Gasteiger partial charge < -0.3 is 29.3 Å². The van der Waals surface area contributed by atoms with E-state index in [1.807, 2.05) is 67.6 Å². The van der Waals surface area contributed by atoms with Crippen molar-refractivity contribution in [2.75, 3.05) is 26.7 Å². The number of hydrogen-bond donors (Lipinski definition) is 1. The van der Waals surface area contributed by atoms with Crippen LogP contribution < -0.4 is 0 Å². The van der Waals surface area contributed by atoms with Gasteiger partial charge in [0.05, 0.1) is 24.0 Å². The van der Waals surface area contributed by atoms with Crippen molar-refractivity contribution in [3.8, 4) is 0 Å². The van der Waals surface area contributed by atoms with Crippen LogP contribution in [0.5, 0.6) is 0 Å². The van der Waals surface area contributed by atoms with Crippen molar-refractivity contribution in [2.24, 2.45) is 11.8 Å². The number of halogens is 1. The Morgan fingerprint density at radius 3 is 2.42 bits per heavy atom. The fourth-order valence-electron chi connectivity index (χ4n) is 7.80. The van der Waals surface area contributed by atoms with E-state index in [1.165, 1.54) is 0 Å². The first kappa shape index (κ1) is 37.5. The molecule has 5 rings (SSSR count). The van der Waals surface area contributed by atoms with E-state index in [9.17, 15) is 24.3 Å². The van der Waals surface area contributed by atoms with Gasteiger partial charge in [-0.05, 0) is 43.7 Å². The molecule has 0 radical (unpaired) electrons. The van der Waals surface area contributed by atoms with Crippen molar-refractivity contribution in [2.45, 2.75) is 80.3 Å². The molecule has 3 fully saturated rings. The molecule has 1 N–H and O–H groups in total. The Balaban J connectivity index is 1.48. The first-order chi connectivity index (χ1) is 24.1. The van der Waals surface area contributed by atoms with E-state index in [0.717, 1.165) is 5.56 Å². The second-order valence-corrected chi connectivity index (χ2v) is 14.6. The van der Waals surface area contributed by atoms with Crippen LogP contribution in [0.2, 0.25) is 0 Å². The molecule has 1 spiro atoms. The van der Waals surface area contributed by atoms with Gasteiger partial charge in [0, 0.05) is 44.5 Å². The van der Waals surface area contributed by atoms with Gasteiger partial charge in [-0.25, -0.2) is 0 Å². The minimum Gasteiger partial charge on any atom is -0.455 e. The molecule has 11 heteroatoms. The average molecular weight is 751 g/mol. The van der Waals surface area contributed by atoms with Gasteiger partial charge in [-0.1, -0.05) is 88.7 Å². The Labute approximate surface area is 303 Å². The Morgan fingerprint density at radius 1 is 1.10 bits per heavy atom. The van der Waals surface area contributed by atoms with Crippen LogP contribution in [0, 0.1) is 11.8 Å². The molecule has 268 valence electrons. The van der Waals surface area contributed by atoms with Crippen molar-refractivity contribution in [1.82, 2.24) is 14.7 Å². The van der Waals surface area contributed by atoms with E-state index < -0.39 is 47.7 Å². The molecular weight excluding hydrogens is 702 g/mol. The monoisotopic (exact) mass is 749 g/mol. The fourth-order valence-corrected chi connectivity index (χ4v) is 8.74. The average Bonchev–Trinajstić information content (AvgIpc) is 3.72. The van der Waals surface area contributed by atoms with Crippen molar-refractivity contribution in [3.05, 3.63) is 97.1 Å². The number of benzene rings is 2. The molecule has 0 saturated carbocycles. The number of unbranched alkanes of at least 4 members (excludes halogenated alkanes) is 1. The van der Waals surface area contributed by atoms with Gasteiger partial charge in [0.15, 0.2) is 0 Å². The number of hydrogen-bond acceptors (Lipinski definition) is 7. The fraction of sp³-hybridized carbons (Fsp3) is 0.487. The molecule has 0 aliphatic carbocycles. The van der Waals surface area contributed by atoms with Gasteiger partial charge in [0.25, 0.3) is 0 Å². The number of aliphatic hydroxyl groups excluding tert-OH is 1. The zero-order valence-corrected chi connectivity index (χ0v) is 30.5. The largest absolute Gasteiger partial charge is 0.455 e. The highest BCUT2D eigenvalue weighted by Crippen LogP contribution is 2.60. The summed E-state index contributed by atoms with van der Waals surface area (Å²) in [5.41, 5.74) is 0.374. The summed E-state index contributed by atoms with van der Waals surface area (Å²) in [5, 5.41) is 9.55. The highest BCUT2D eigenvalue weighted by atomic mass is 79.9. The third kappa shape index (κ3) is 7.31. The molecule has 3 heterocycles. The molecule has 3 aliphatic rings. The second-order valence-electron chi connectivity index (χ2n) is 13.5. The molecule has 2 bridgehead atoms. The van der Waals surface area contributed by atoms with E-state index in [1.54, 1.807) is 33.9 Å². The van der Waals surface area contributed by atoms with E-state index in [0.29, 0.717) is 37.8 Å². The number of ether oxygens (including phenoxy) is 2. The predicted octanol–water partition coefficient (Wildman–Crippen LogP) is 4.82. The normalized spacial score (nSPS) is 26.2. The molecular formula is C39H48BrN3O7. The number of allylic oxidation sites excluding steroid dienone is 1. The maximum Gasteiger partial charge on any atom is 0.313 e. The van der Waals surface area contributed by atoms with Crippen molar-refractivity contribution in [1.29, 1.82) is 0 Å². The first-order valence-corrected chi connectivity index (χ1v) is 18.3. The third-order valence-corrected chi connectivity index (χ3v) is 11.2. The van der Waals surface area contributed by atoms with Crippen molar-refractivity contribution >= 4 is 39.6 Å². The minimum atomic E-state index is -1.27. The lowest BCUT2D eigenvalue weighted by Gasteiger charge is -2.37. The lowest BCUT2D eigenvalue weighted by atomic mass is 9.70. The van der Waals surface area contributed by atoms with E-state index in [4.69, 9.17) is 9.47 Å². The van der Waals surface area contributed by atoms with E-state index in [2.05, 4.69) is 29.1 Å². The summed E-state index contributed by atoms with van der Waals surface area (Å²) in [6.45, 7) is 10.2. The number of nitrogens with zero attached hydrogens (tertiary/aromatic N) is 3. The second kappa shape index (κ2) is 16.5. The third-order valence-electron chi connectivity index (χ3n) is 10.4. The van der Waals surface area contributed by atoms with Crippen LogP contribution in [0.15, 0.2) is 86.0 Å². The molecule has 2 aromatic carbocycles. The Kier molecular flexibility index (Phi) is 12.3. The van der Waals surface area contributed by atoms with E-state index in [-0.39, 0.29) is 48.7 Å². The van der Waals surface area contributed by atoms with Gasteiger partial charge in [0.1, 0.15) is 17.7 Å². The summed E-state index contributed by atoms with van der Waals surface area (Å²) >= 11 is 3.75. The number of fused-ring (bicyclic) bond motifs is 1. The Hall–Kier alpha value is -3.80. The number of likely N-dealkylation sites (tertiary alicyclic amines) is 1. The number of aliphatic hydroxyl groups is 1. The number of carbonyl (C=O) groups excluding carboxylic acids is 4. The lowest BCUT2D eigenvalue weighted by molar-refractivity contribution is -0.164. The summed E-state index contributed by atoms with van der Waals surface area (Å²) in [5.74, 6) is -3.26. The summed E-state index contributed by atoms with van der Waals surface area (Å²) < 4.78 is 13.1. The van der Waals surface area contributed by atoms with Gasteiger partial charge >= 0.3 is 5.97 Å². The number of likely N-dealkylation sites (N-methyl/N-ethyl adjacent to an activating group) is 1. The van der Waals surface area contributed by atoms with Crippen LogP contribution in [0.4, 0.5) is 0 Å². The summed E-state index contributed by atoms with van der Waals surface area (Å²) in [4.78, 5) is 61.2. The smallest absolute Gasteiger partial charge is 0.313 e. The molecule has 10 nitrogen and oxygen atoms in total. The molecule has 3 amide bonds. The molecule has 50 heavy (non-hydrogen) atoms. The van der Waals surface area contributed by atoms with Gasteiger partial charge in [-0.2, -0.15) is 0 Å². The molecule has 3 saturated heterocycles. The Bertz CT molecular complexity index is 1540. The highest BCUT2D eigenvalue weighted by Gasteiger charge is 2.77. The van der Waals surface area contributed by atoms with E-state index >= 15 is 0 Å². The topological polar surface area (TPSA) is 117 Å². The molecule has 0 aromatic heterocycles. The van der Waals surface area contributed by atoms with Gasteiger partial charge in [0.2, 0.25) is 17.7 Å². The van der Waals surface area contributed by atoms with Crippen LogP contribution in [-0.4, -0.2) is 98.9 Å². The first-order valence-electron chi connectivity index (χ1n) is 17.4. The molecule has 1 unspecified atom stereocenters. The summed E-state index contributed by atoms with van der Waals surface area (Å²) in [6.07, 6.45) is 3.91.